The Labute approximate surface area is 98.8 Å². The number of hydrogen-bond donors (Lipinski definition) is 1. The molecule has 1 saturated heterocycles. The van der Waals surface area contributed by atoms with Crippen LogP contribution in [0.1, 0.15) is 51.4 Å². The van der Waals surface area contributed by atoms with Crippen molar-refractivity contribution in [1.82, 2.24) is 5.32 Å². The van der Waals surface area contributed by atoms with Crippen LogP contribution in [-0.4, -0.2) is 24.1 Å². The monoisotopic (exact) mass is 227 g/mol. The summed E-state index contributed by atoms with van der Waals surface area (Å²) < 4.78 is 0. The van der Waals surface area contributed by atoms with Gasteiger partial charge in [0.1, 0.15) is 0 Å². The molecule has 2 aliphatic rings. The summed E-state index contributed by atoms with van der Waals surface area (Å²) in [6, 6.07) is 0.826. The van der Waals surface area contributed by atoms with Crippen LogP contribution in [0.15, 0.2) is 0 Å². The van der Waals surface area contributed by atoms with Crippen molar-refractivity contribution < 1.29 is 0 Å². The third-order valence-electron chi connectivity index (χ3n) is 3.87. The van der Waals surface area contributed by atoms with Gasteiger partial charge < -0.3 is 5.32 Å². The normalized spacial score (nSPS) is 29.2. The van der Waals surface area contributed by atoms with Crippen molar-refractivity contribution in [2.75, 3.05) is 18.1 Å². The van der Waals surface area contributed by atoms with E-state index in [2.05, 4.69) is 17.1 Å². The summed E-state index contributed by atoms with van der Waals surface area (Å²) in [6.07, 6.45) is 11.7. The van der Waals surface area contributed by atoms with Crippen LogP contribution in [0.2, 0.25) is 0 Å². The highest BCUT2D eigenvalue weighted by molar-refractivity contribution is 7.99. The molecule has 1 aliphatic carbocycles. The molecule has 15 heavy (non-hydrogen) atoms. The maximum absolute atomic E-state index is 3.75. The van der Waals surface area contributed by atoms with Crippen LogP contribution < -0.4 is 5.32 Å². The van der Waals surface area contributed by atoms with E-state index < -0.39 is 0 Å². The molecule has 1 atom stereocenters. The molecule has 1 nitrogen and oxygen atoms in total. The zero-order chi connectivity index (χ0) is 10.3. The van der Waals surface area contributed by atoms with Crippen molar-refractivity contribution in [1.29, 1.82) is 0 Å². The average Bonchev–Trinajstić information content (AvgIpc) is 2.32. The van der Waals surface area contributed by atoms with Gasteiger partial charge in [0, 0.05) is 11.8 Å². The molecule has 1 N–H and O–H groups in total. The molecule has 2 fully saturated rings. The van der Waals surface area contributed by atoms with E-state index in [9.17, 15) is 0 Å². The first-order valence-corrected chi connectivity index (χ1v) is 7.92. The summed E-state index contributed by atoms with van der Waals surface area (Å²) in [5.41, 5.74) is 0. The van der Waals surface area contributed by atoms with Crippen molar-refractivity contribution in [2.24, 2.45) is 5.92 Å². The molecule has 1 unspecified atom stereocenters. The van der Waals surface area contributed by atoms with Gasteiger partial charge in [-0.3, -0.25) is 0 Å². The Bertz CT molecular complexity index is 142. The molecule has 2 rings (SSSR count). The Morgan fingerprint density at radius 2 is 1.87 bits per heavy atom. The van der Waals surface area contributed by atoms with Crippen LogP contribution in [-0.2, 0) is 0 Å². The van der Waals surface area contributed by atoms with E-state index in [4.69, 9.17) is 0 Å². The van der Waals surface area contributed by atoms with E-state index in [0.29, 0.717) is 0 Å². The maximum Gasteiger partial charge on any atom is 0.0158 e. The van der Waals surface area contributed by atoms with Crippen molar-refractivity contribution in [3.63, 3.8) is 0 Å². The summed E-state index contributed by atoms with van der Waals surface area (Å²) in [6.45, 7) is 1.27. The third kappa shape index (κ3) is 4.36. The molecule has 0 aromatic carbocycles. The molecule has 1 saturated carbocycles. The highest BCUT2D eigenvalue weighted by Gasteiger charge is 2.15. The Morgan fingerprint density at radius 1 is 1.00 bits per heavy atom. The van der Waals surface area contributed by atoms with Gasteiger partial charge in [-0.25, -0.2) is 0 Å². The van der Waals surface area contributed by atoms with Gasteiger partial charge in [0.15, 0.2) is 0 Å². The minimum atomic E-state index is 0.826. The van der Waals surface area contributed by atoms with Crippen molar-refractivity contribution in [3.05, 3.63) is 0 Å². The lowest BCUT2D eigenvalue weighted by Gasteiger charge is -2.25. The lowest BCUT2D eigenvalue weighted by atomic mass is 9.87. The molecule has 1 heterocycles. The Morgan fingerprint density at radius 3 is 2.60 bits per heavy atom. The minimum Gasteiger partial charge on any atom is -0.313 e. The molecule has 88 valence electrons. The van der Waals surface area contributed by atoms with Gasteiger partial charge in [-0.1, -0.05) is 32.1 Å². The van der Waals surface area contributed by atoms with Gasteiger partial charge in [-0.15, -0.1) is 0 Å². The number of nitrogens with one attached hydrogen (secondary N) is 1. The molecule has 1 aliphatic heterocycles. The van der Waals surface area contributed by atoms with Crippen LogP contribution in [0.25, 0.3) is 0 Å². The summed E-state index contributed by atoms with van der Waals surface area (Å²) in [7, 11) is 0. The second kappa shape index (κ2) is 6.80. The molecule has 0 aromatic rings. The fourth-order valence-electron chi connectivity index (χ4n) is 2.87. The lowest BCUT2D eigenvalue weighted by Crippen LogP contribution is -2.35. The molecule has 0 radical (unpaired) electrons. The van der Waals surface area contributed by atoms with E-state index in [1.165, 1.54) is 69.4 Å². The summed E-state index contributed by atoms with van der Waals surface area (Å²) >= 11 is 2.13. The van der Waals surface area contributed by atoms with Crippen molar-refractivity contribution in [2.45, 2.75) is 57.4 Å². The van der Waals surface area contributed by atoms with Crippen LogP contribution in [0.3, 0.4) is 0 Å². The zero-order valence-corrected chi connectivity index (χ0v) is 10.7. The second-order valence-corrected chi connectivity index (χ2v) is 6.31. The first-order chi connectivity index (χ1) is 7.45. The second-order valence-electron chi connectivity index (χ2n) is 5.16. The maximum atomic E-state index is 3.75. The fourth-order valence-corrected chi connectivity index (χ4v) is 3.98. The largest absolute Gasteiger partial charge is 0.313 e. The summed E-state index contributed by atoms with van der Waals surface area (Å²) in [4.78, 5) is 0. The van der Waals surface area contributed by atoms with Gasteiger partial charge in [0.2, 0.25) is 0 Å². The van der Waals surface area contributed by atoms with E-state index >= 15 is 0 Å². The van der Waals surface area contributed by atoms with Crippen molar-refractivity contribution >= 4 is 11.8 Å². The highest BCUT2D eigenvalue weighted by Crippen LogP contribution is 2.26. The first kappa shape index (κ1) is 11.8. The number of hydrogen-bond acceptors (Lipinski definition) is 2. The standard InChI is InChI=1S/C13H25NS/c1-2-5-12(6-3-1)8-9-14-13-7-4-10-15-11-13/h12-14H,1-11H2. The average molecular weight is 227 g/mol. The molecule has 0 amide bonds. The third-order valence-corrected chi connectivity index (χ3v) is 5.09. The summed E-state index contributed by atoms with van der Waals surface area (Å²) in [5, 5.41) is 3.75. The van der Waals surface area contributed by atoms with E-state index in [1.54, 1.807) is 0 Å². The Hall–Kier alpha value is 0.310. The topological polar surface area (TPSA) is 12.0 Å². The molecular weight excluding hydrogens is 202 g/mol. The lowest BCUT2D eigenvalue weighted by molar-refractivity contribution is 0.327. The van der Waals surface area contributed by atoms with Gasteiger partial charge in [0.25, 0.3) is 0 Å². The number of rotatable bonds is 4. The van der Waals surface area contributed by atoms with E-state index in [0.717, 1.165) is 12.0 Å². The molecule has 0 aromatic heterocycles. The van der Waals surface area contributed by atoms with Gasteiger partial charge in [-0.05, 0) is 37.5 Å². The number of thioether (sulfide) groups is 1. The predicted molar refractivity (Wildman–Crippen MR) is 69.5 cm³/mol. The smallest absolute Gasteiger partial charge is 0.0158 e. The minimum absolute atomic E-state index is 0.826. The Kier molecular flexibility index (Phi) is 5.34. The molecule has 2 heteroatoms. The van der Waals surface area contributed by atoms with Crippen LogP contribution in [0.4, 0.5) is 0 Å². The fraction of sp³-hybridized carbons (Fsp3) is 1.00. The predicted octanol–water partition coefficient (Wildman–Crippen LogP) is 3.44. The molecule has 0 bridgehead atoms. The van der Waals surface area contributed by atoms with Crippen molar-refractivity contribution in [3.8, 4) is 0 Å². The Balaban J connectivity index is 1.53. The van der Waals surface area contributed by atoms with E-state index in [-0.39, 0.29) is 0 Å². The molecular formula is C13H25NS. The van der Waals surface area contributed by atoms with E-state index in [1.807, 2.05) is 0 Å². The van der Waals surface area contributed by atoms with Gasteiger partial charge >= 0.3 is 0 Å². The highest BCUT2D eigenvalue weighted by atomic mass is 32.2. The molecule has 0 spiro atoms. The zero-order valence-electron chi connectivity index (χ0n) is 9.84. The van der Waals surface area contributed by atoms with Crippen LogP contribution in [0, 0.1) is 5.92 Å². The first-order valence-electron chi connectivity index (χ1n) is 6.76. The van der Waals surface area contributed by atoms with Crippen LogP contribution in [0.5, 0.6) is 0 Å². The van der Waals surface area contributed by atoms with Crippen LogP contribution >= 0.6 is 11.8 Å². The van der Waals surface area contributed by atoms with Gasteiger partial charge in [0.05, 0.1) is 0 Å². The SMILES string of the molecule is C1CCC(CCNC2CCCSC2)CC1. The van der Waals surface area contributed by atoms with Gasteiger partial charge in [-0.2, -0.15) is 11.8 Å². The quantitative estimate of drug-likeness (QED) is 0.789. The summed E-state index contributed by atoms with van der Waals surface area (Å²) in [5.74, 6) is 3.79.